The second-order valence-electron chi connectivity index (χ2n) is 7.00. The molecule has 4 rings (SSSR count). The summed E-state index contributed by atoms with van der Waals surface area (Å²) in [5.74, 6) is 1.05. The molecule has 0 aliphatic carbocycles. The van der Waals surface area contributed by atoms with Crippen LogP contribution in [0.3, 0.4) is 0 Å². The predicted octanol–water partition coefficient (Wildman–Crippen LogP) is 3.38. The van der Waals surface area contributed by atoms with Gasteiger partial charge in [0.25, 0.3) is 0 Å². The highest BCUT2D eigenvalue weighted by atomic mass is 16.5. The van der Waals surface area contributed by atoms with E-state index in [0.29, 0.717) is 6.42 Å². The Hall–Kier alpha value is -3.21. The smallest absolute Gasteiger partial charge is 0.227 e. The van der Waals surface area contributed by atoms with Gasteiger partial charge in [-0.1, -0.05) is 18.2 Å². The molecule has 0 N–H and O–H groups in total. The molecule has 0 unspecified atom stereocenters. The van der Waals surface area contributed by atoms with E-state index in [1.807, 2.05) is 59.8 Å². The second kappa shape index (κ2) is 8.21. The molecule has 28 heavy (non-hydrogen) atoms. The Morgan fingerprint density at radius 3 is 2.29 bits per heavy atom. The van der Waals surface area contributed by atoms with E-state index >= 15 is 0 Å². The summed E-state index contributed by atoms with van der Waals surface area (Å²) in [6.45, 7) is 3.17. The average molecular weight is 375 g/mol. The van der Waals surface area contributed by atoms with Crippen LogP contribution >= 0.6 is 0 Å². The van der Waals surface area contributed by atoms with Crippen molar-refractivity contribution in [1.29, 1.82) is 0 Å². The van der Waals surface area contributed by atoms with Crippen LogP contribution in [0.15, 0.2) is 73.1 Å². The molecular formula is C23H25N3O2. The average Bonchev–Trinajstić information content (AvgIpc) is 3.29. The number of methoxy groups -OCH3 is 1. The monoisotopic (exact) mass is 375 g/mol. The number of amides is 1. The van der Waals surface area contributed by atoms with Crippen molar-refractivity contribution < 1.29 is 9.53 Å². The van der Waals surface area contributed by atoms with Gasteiger partial charge in [0.05, 0.1) is 13.5 Å². The Labute approximate surface area is 165 Å². The molecule has 3 aromatic rings. The van der Waals surface area contributed by atoms with Gasteiger partial charge in [0.1, 0.15) is 5.75 Å². The maximum Gasteiger partial charge on any atom is 0.227 e. The summed E-state index contributed by atoms with van der Waals surface area (Å²) in [4.78, 5) is 17.0. The zero-order valence-corrected chi connectivity index (χ0v) is 16.1. The summed E-state index contributed by atoms with van der Waals surface area (Å²) in [6, 6.07) is 20.3. The molecule has 2 aromatic carbocycles. The molecule has 1 aliphatic rings. The summed E-state index contributed by atoms with van der Waals surface area (Å²) < 4.78 is 7.37. The molecule has 0 saturated carbocycles. The number of rotatable bonds is 5. The third-order valence-electron chi connectivity index (χ3n) is 5.25. The maximum absolute atomic E-state index is 12.7. The minimum Gasteiger partial charge on any atom is -0.497 e. The van der Waals surface area contributed by atoms with Gasteiger partial charge in [-0.15, -0.1) is 0 Å². The Kier molecular flexibility index (Phi) is 5.33. The summed E-state index contributed by atoms with van der Waals surface area (Å²) in [5.41, 5.74) is 3.30. The molecule has 1 fully saturated rings. The molecular weight excluding hydrogens is 350 g/mol. The Morgan fingerprint density at radius 2 is 1.61 bits per heavy atom. The molecule has 0 spiro atoms. The summed E-state index contributed by atoms with van der Waals surface area (Å²) in [6.07, 6.45) is 4.48. The van der Waals surface area contributed by atoms with Crippen LogP contribution in [0.25, 0.3) is 5.69 Å². The lowest BCUT2D eigenvalue weighted by Gasteiger charge is -2.36. The van der Waals surface area contributed by atoms with E-state index in [2.05, 4.69) is 27.7 Å². The Balaban J connectivity index is 1.32. The standard InChI is InChI=1S/C23H25N3O2/c1-28-22-6-4-5-21(18-22)25-13-15-26(16-14-25)23(27)17-19-7-9-20(10-8-19)24-11-2-3-12-24/h2-12,18H,13-17H2,1H3. The molecule has 1 aromatic heterocycles. The molecule has 0 radical (unpaired) electrons. The first-order valence-corrected chi connectivity index (χ1v) is 9.62. The van der Waals surface area contributed by atoms with Gasteiger partial charge in [0.2, 0.25) is 5.91 Å². The highest BCUT2D eigenvalue weighted by molar-refractivity contribution is 5.79. The molecule has 1 amide bonds. The number of hydrogen-bond donors (Lipinski definition) is 0. The van der Waals surface area contributed by atoms with E-state index in [9.17, 15) is 4.79 Å². The number of benzene rings is 2. The SMILES string of the molecule is COc1cccc(N2CCN(C(=O)Cc3ccc(-n4cccc4)cc3)CC2)c1. The van der Waals surface area contributed by atoms with E-state index in [1.165, 1.54) is 0 Å². The van der Waals surface area contributed by atoms with Crippen LogP contribution in [-0.2, 0) is 11.2 Å². The highest BCUT2D eigenvalue weighted by Crippen LogP contribution is 2.22. The minimum atomic E-state index is 0.194. The lowest BCUT2D eigenvalue weighted by Crippen LogP contribution is -2.49. The summed E-state index contributed by atoms with van der Waals surface area (Å²) in [7, 11) is 1.68. The second-order valence-corrected chi connectivity index (χ2v) is 7.00. The fourth-order valence-electron chi connectivity index (χ4n) is 3.60. The van der Waals surface area contributed by atoms with E-state index in [-0.39, 0.29) is 5.91 Å². The number of aromatic nitrogens is 1. The van der Waals surface area contributed by atoms with E-state index < -0.39 is 0 Å². The maximum atomic E-state index is 12.7. The van der Waals surface area contributed by atoms with Crippen molar-refractivity contribution in [2.45, 2.75) is 6.42 Å². The molecule has 0 bridgehead atoms. The van der Waals surface area contributed by atoms with Gasteiger partial charge >= 0.3 is 0 Å². The van der Waals surface area contributed by atoms with E-state index in [4.69, 9.17) is 4.74 Å². The van der Waals surface area contributed by atoms with Gasteiger partial charge in [-0.2, -0.15) is 0 Å². The highest BCUT2D eigenvalue weighted by Gasteiger charge is 2.21. The third-order valence-corrected chi connectivity index (χ3v) is 5.25. The summed E-state index contributed by atoms with van der Waals surface area (Å²) in [5, 5.41) is 0. The number of ether oxygens (including phenoxy) is 1. The van der Waals surface area contributed by atoms with Crippen molar-refractivity contribution in [3.63, 3.8) is 0 Å². The van der Waals surface area contributed by atoms with Crippen molar-refractivity contribution in [1.82, 2.24) is 9.47 Å². The number of hydrogen-bond acceptors (Lipinski definition) is 3. The van der Waals surface area contributed by atoms with Crippen LogP contribution in [-0.4, -0.2) is 48.7 Å². The number of nitrogens with zero attached hydrogens (tertiary/aromatic N) is 3. The molecule has 5 heteroatoms. The lowest BCUT2D eigenvalue weighted by molar-refractivity contribution is -0.130. The van der Waals surface area contributed by atoms with Gasteiger partial charge in [0.15, 0.2) is 0 Å². The normalized spacial score (nSPS) is 14.2. The third kappa shape index (κ3) is 4.03. The van der Waals surface area contributed by atoms with Gasteiger partial charge in [-0.05, 0) is 42.0 Å². The molecule has 0 atom stereocenters. The van der Waals surface area contributed by atoms with Crippen LogP contribution in [0.1, 0.15) is 5.56 Å². The van der Waals surface area contributed by atoms with Gasteiger partial charge in [-0.3, -0.25) is 4.79 Å². The number of piperazine rings is 1. The molecule has 144 valence electrons. The fourth-order valence-corrected chi connectivity index (χ4v) is 3.60. The Bertz CT molecular complexity index is 911. The first-order chi connectivity index (χ1) is 13.7. The van der Waals surface area contributed by atoms with Crippen molar-refractivity contribution in [3.8, 4) is 11.4 Å². The zero-order valence-electron chi connectivity index (χ0n) is 16.1. The van der Waals surface area contributed by atoms with Crippen molar-refractivity contribution in [2.75, 3.05) is 38.2 Å². The quantitative estimate of drug-likeness (QED) is 0.686. The fraction of sp³-hybridized carbons (Fsp3) is 0.261. The van der Waals surface area contributed by atoms with Gasteiger partial charge < -0.3 is 19.1 Å². The molecule has 1 aliphatic heterocycles. The topological polar surface area (TPSA) is 37.7 Å². The zero-order chi connectivity index (χ0) is 19.3. The minimum absolute atomic E-state index is 0.194. The molecule has 5 nitrogen and oxygen atoms in total. The van der Waals surface area contributed by atoms with Crippen LogP contribution < -0.4 is 9.64 Å². The number of anilines is 1. The number of carbonyl (C=O) groups excluding carboxylic acids is 1. The first-order valence-electron chi connectivity index (χ1n) is 9.62. The van der Waals surface area contributed by atoms with Gasteiger partial charge in [0, 0.05) is 56.0 Å². The van der Waals surface area contributed by atoms with Crippen molar-refractivity contribution >= 4 is 11.6 Å². The lowest BCUT2D eigenvalue weighted by atomic mass is 10.1. The summed E-state index contributed by atoms with van der Waals surface area (Å²) >= 11 is 0. The van der Waals surface area contributed by atoms with Crippen LogP contribution in [0.5, 0.6) is 5.75 Å². The van der Waals surface area contributed by atoms with Crippen LogP contribution in [0, 0.1) is 0 Å². The first kappa shape index (κ1) is 18.2. The molecule has 1 saturated heterocycles. The van der Waals surface area contributed by atoms with E-state index in [1.54, 1.807) is 7.11 Å². The van der Waals surface area contributed by atoms with Gasteiger partial charge in [-0.25, -0.2) is 0 Å². The van der Waals surface area contributed by atoms with Crippen molar-refractivity contribution in [3.05, 3.63) is 78.6 Å². The number of carbonyl (C=O) groups is 1. The van der Waals surface area contributed by atoms with Crippen LogP contribution in [0.4, 0.5) is 5.69 Å². The largest absolute Gasteiger partial charge is 0.497 e. The Morgan fingerprint density at radius 1 is 0.893 bits per heavy atom. The van der Waals surface area contributed by atoms with Crippen LogP contribution in [0.2, 0.25) is 0 Å². The predicted molar refractivity (Wildman–Crippen MR) is 111 cm³/mol. The van der Waals surface area contributed by atoms with Crippen molar-refractivity contribution in [2.24, 2.45) is 0 Å². The molecule has 2 heterocycles. The van der Waals surface area contributed by atoms with E-state index in [0.717, 1.165) is 48.9 Å².